The Bertz CT molecular complexity index is 950. The molecule has 10 heteroatoms. The first-order valence-electron chi connectivity index (χ1n) is 10.3. The van der Waals surface area contributed by atoms with Crippen molar-refractivity contribution in [1.29, 1.82) is 0 Å². The maximum absolute atomic E-state index is 12.5. The average molecular weight is 447 g/mol. The minimum atomic E-state index is -1.86. The van der Waals surface area contributed by atoms with Crippen molar-refractivity contribution in [2.75, 3.05) is 6.54 Å². The van der Waals surface area contributed by atoms with E-state index < -0.39 is 19.3 Å². The second kappa shape index (κ2) is 8.79. The fourth-order valence-electron chi connectivity index (χ4n) is 2.97. The second-order valence-electron chi connectivity index (χ2n) is 9.30. The van der Waals surface area contributed by atoms with Crippen LogP contribution in [0.5, 0.6) is 0 Å². The fourth-order valence-corrected chi connectivity index (χ4v) is 3.92. The Labute approximate surface area is 183 Å². The van der Waals surface area contributed by atoms with Crippen LogP contribution in [0.3, 0.4) is 0 Å². The third-order valence-electron chi connectivity index (χ3n) is 6.00. The van der Waals surface area contributed by atoms with Crippen LogP contribution in [-0.2, 0) is 35.5 Å². The SMILES string of the molecule is CC(C)(C)[Si](C)(C)OCc1cc2n(n1)CCN(C(=O)OCc1ccc([N+](=O)[O-])cc1)C2. The monoisotopic (exact) mass is 446 g/mol. The predicted molar refractivity (Wildman–Crippen MR) is 118 cm³/mol. The normalized spacial score (nSPS) is 14.3. The molecule has 0 bridgehead atoms. The summed E-state index contributed by atoms with van der Waals surface area (Å²) < 4.78 is 13.6. The molecule has 1 aromatic heterocycles. The number of carbonyl (C=O) groups is 1. The van der Waals surface area contributed by atoms with Crippen molar-refractivity contribution < 1.29 is 18.9 Å². The molecule has 0 fully saturated rings. The number of hydrogen-bond acceptors (Lipinski definition) is 6. The van der Waals surface area contributed by atoms with Gasteiger partial charge >= 0.3 is 6.09 Å². The molecule has 1 aliphatic rings. The zero-order valence-corrected chi connectivity index (χ0v) is 19.8. The molecule has 1 amide bonds. The topological polar surface area (TPSA) is 99.7 Å². The van der Waals surface area contributed by atoms with Gasteiger partial charge in [0.15, 0.2) is 8.32 Å². The molecule has 1 aromatic carbocycles. The Kier molecular flexibility index (Phi) is 6.51. The average Bonchev–Trinajstić information content (AvgIpc) is 3.12. The molecule has 0 spiro atoms. The van der Waals surface area contributed by atoms with Gasteiger partial charge in [0.25, 0.3) is 5.69 Å². The van der Waals surface area contributed by atoms with Crippen LogP contribution in [0.4, 0.5) is 10.5 Å². The number of nitro benzene ring substituents is 1. The van der Waals surface area contributed by atoms with E-state index in [1.165, 1.54) is 12.1 Å². The van der Waals surface area contributed by atoms with Gasteiger partial charge in [-0.05, 0) is 41.9 Å². The van der Waals surface area contributed by atoms with Crippen molar-refractivity contribution in [2.24, 2.45) is 0 Å². The molecule has 168 valence electrons. The van der Waals surface area contributed by atoms with Crippen LogP contribution in [0.1, 0.15) is 37.7 Å². The van der Waals surface area contributed by atoms with Gasteiger partial charge in [-0.3, -0.25) is 14.8 Å². The number of nitrogens with zero attached hydrogens (tertiary/aromatic N) is 4. The van der Waals surface area contributed by atoms with Gasteiger partial charge in [-0.1, -0.05) is 20.8 Å². The van der Waals surface area contributed by atoms with E-state index in [2.05, 4.69) is 39.0 Å². The number of amides is 1. The van der Waals surface area contributed by atoms with Crippen molar-refractivity contribution in [3.63, 3.8) is 0 Å². The number of non-ortho nitro benzene ring substituents is 1. The zero-order chi connectivity index (χ0) is 22.8. The summed E-state index contributed by atoms with van der Waals surface area (Å²) in [7, 11) is -1.86. The number of benzene rings is 1. The number of nitro groups is 1. The smallest absolute Gasteiger partial charge is 0.410 e. The van der Waals surface area contributed by atoms with Crippen LogP contribution in [0, 0.1) is 10.1 Å². The van der Waals surface area contributed by atoms with E-state index in [9.17, 15) is 14.9 Å². The summed E-state index contributed by atoms with van der Waals surface area (Å²) in [5.74, 6) is 0. The van der Waals surface area contributed by atoms with Crippen molar-refractivity contribution in [3.05, 3.63) is 57.4 Å². The lowest BCUT2D eigenvalue weighted by molar-refractivity contribution is -0.384. The van der Waals surface area contributed by atoms with Crippen LogP contribution in [0.25, 0.3) is 0 Å². The molecule has 1 aliphatic heterocycles. The molecule has 0 radical (unpaired) electrons. The van der Waals surface area contributed by atoms with Crippen molar-refractivity contribution in [2.45, 2.75) is 65.2 Å². The molecule has 0 atom stereocenters. The Morgan fingerprint density at radius 2 is 1.87 bits per heavy atom. The number of rotatable bonds is 6. The quantitative estimate of drug-likeness (QED) is 0.369. The molecule has 0 saturated carbocycles. The highest BCUT2D eigenvalue weighted by atomic mass is 28.4. The van der Waals surface area contributed by atoms with Crippen molar-refractivity contribution in [3.8, 4) is 0 Å². The molecule has 0 unspecified atom stereocenters. The van der Waals surface area contributed by atoms with Gasteiger partial charge in [0.2, 0.25) is 0 Å². The Balaban J connectivity index is 1.54. The minimum Gasteiger partial charge on any atom is -0.445 e. The van der Waals surface area contributed by atoms with E-state index in [-0.39, 0.29) is 17.3 Å². The fraction of sp³-hybridized carbons (Fsp3) is 0.524. The third-order valence-corrected chi connectivity index (χ3v) is 10.5. The largest absolute Gasteiger partial charge is 0.445 e. The Morgan fingerprint density at radius 1 is 1.19 bits per heavy atom. The third kappa shape index (κ3) is 5.50. The maximum atomic E-state index is 12.5. The molecular weight excluding hydrogens is 416 g/mol. The summed E-state index contributed by atoms with van der Waals surface area (Å²) in [6, 6.07) is 7.96. The molecule has 3 rings (SSSR count). The first-order valence-corrected chi connectivity index (χ1v) is 13.2. The van der Waals surface area contributed by atoms with Gasteiger partial charge in [0.05, 0.1) is 36.0 Å². The molecule has 0 saturated heterocycles. The van der Waals surface area contributed by atoms with Gasteiger partial charge in [-0.25, -0.2) is 4.79 Å². The minimum absolute atomic E-state index is 0.00714. The molecule has 2 aromatic rings. The lowest BCUT2D eigenvalue weighted by Crippen LogP contribution is -2.40. The van der Waals surface area contributed by atoms with Gasteiger partial charge in [-0.2, -0.15) is 5.10 Å². The van der Waals surface area contributed by atoms with Gasteiger partial charge in [0.1, 0.15) is 6.61 Å². The van der Waals surface area contributed by atoms with Gasteiger partial charge < -0.3 is 14.1 Å². The Hall–Kier alpha value is -2.72. The number of fused-ring (bicyclic) bond motifs is 1. The maximum Gasteiger partial charge on any atom is 0.410 e. The zero-order valence-electron chi connectivity index (χ0n) is 18.8. The van der Waals surface area contributed by atoms with Gasteiger partial charge in [-0.15, -0.1) is 0 Å². The van der Waals surface area contributed by atoms with Crippen LogP contribution in [0.15, 0.2) is 30.3 Å². The van der Waals surface area contributed by atoms with Crippen molar-refractivity contribution in [1.82, 2.24) is 14.7 Å². The molecule has 31 heavy (non-hydrogen) atoms. The van der Waals surface area contributed by atoms with Crippen molar-refractivity contribution >= 4 is 20.1 Å². The van der Waals surface area contributed by atoms with Gasteiger partial charge in [0, 0.05) is 18.7 Å². The molecule has 2 heterocycles. The van der Waals surface area contributed by atoms with E-state index in [1.807, 2.05) is 10.7 Å². The summed E-state index contributed by atoms with van der Waals surface area (Å²) in [6.07, 6.45) is -0.412. The summed E-state index contributed by atoms with van der Waals surface area (Å²) >= 11 is 0. The second-order valence-corrected chi connectivity index (χ2v) is 14.1. The predicted octanol–water partition coefficient (Wildman–Crippen LogP) is 4.47. The summed E-state index contributed by atoms with van der Waals surface area (Å²) in [5.41, 5.74) is 2.53. The lowest BCUT2D eigenvalue weighted by atomic mass is 10.2. The van der Waals surface area contributed by atoms with Crippen LogP contribution < -0.4 is 0 Å². The summed E-state index contributed by atoms with van der Waals surface area (Å²) in [6.45, 7) is 13.1. The first kappa shape index (κ1) is 23.0. The molecule has 0 N–H and O–H groups in total. The number of hydrogen-bond donors (Lipinski definition) is 0. The standard InChI is InChI=1S/C21H30N4O5Si/c1-21(2,3)31(4,5)30-15-17-12-19-13-23(10-11-24(19)22-17)20(26)29-14-16-6-8-18(9-7-16)25(27)28/h6-9,12H,10-11,13-15H2,1-5H3. The summed E-state index contributed by atoms with van der Waals surface area (Å²) in [5, 5.41) is 15.5. The van der Waals surface area contributed by atoms with Crippen LogP contribution in [-0.4, -0.2) is 40.6 Å². The number of ether oxygens (including phenoxy) is 1. The highest BCUT2D eigenvalue weighted by Gasteiger charge is 2.37. The highest BCUT2D eigenvalue weighted by molar-refractivity contribution is 6.74. The lowest BCUT2D eigenvalue weighted by Gasteiger charge is -2.35. The molecular formula is C21H30N4O5Si. The molecule has 0 aliphatic carbocycles. The van der Waals surface area contributed by atoms with E-state index in [0.29, 0.717) is 31.8 Å². The van der Waals surface area contributed by atoms with E-state index in [1.54, 1.807) is 17.0 Å². The van der Waals surface area contributed by atoms with E-state index in [0.717, 1.165) is 11.4 Å². The summed E-state index contributed by atoms with van der Waals surface area (Å²) in [4.78, 5) is 24.4. The van der Waals surface area contributed by atoms with E-state index >= 15 is 0 Å². The molecule has 9 nitrogen and oxygen atoms in total. The van der Waals surface area contributed by atoms with Crippen LogP contribution in [0.2, 0.25) is 18.1 Å². The number of aromatic nitrogens is 2. The Morgan fingerprint density at radius 3 is 2.48 bits per heavy atom. The highest BCUT2D eigenvalue weighted by Crippen LogP contribution is 2.37. The van der Waals surface area contributed by atoms with Crippen LogP contribution >= 0.6 is 0 Å². The number of carbonyl (C=O) groups excluding carboxylic acids is 1. The van der Waals surface area contributed by atoms with E-state index in [4.69, 9.17) is 9.16 Å². The first-order chi connectivity index (χ1) is 14.5.